The lowest BCUT2D eigenvalue weighted by molar-refractivity contribution is 0.0391. The SMILES string of the molecule is Cc1ccccc1C1CN(c2ccc(C(=O)Nc3nncs3)cn2)CCO1. The molecule has 3 aromatic rings. The Morgan fingerprint density at radius 2 is 2.19 bits per heavy atom. The molecule has 138 valence electrons. The first-order chi connectivity index (χ1) is 13.2. The van der Waals surface area contributed by atoms with Crippen LogP contribution in [0, 0.1) is 6.92 Å². The molecule has 0 aliphatic carbocycles. The lowest BCUT2D eigenvalue weighted by atomic mass is 10.0. The number of rotatable bonds is 4. The van der Waals surface area contributed by atoms with Crippen molar-refractivity contribution in [3.05, 3.63) is 64.8 Å². The third-order valence-electron chi connectivity index (χ3n) is 4.52. The Bertz CT molecular complexity index is 914. The Morgan fingerprint density at radius 1 is 1.30 bits per heavy atom. The summed E-state index contributed by atoms with van der Waals surface area (Å²) in [6.45, 7) is 4.24. The smallest absolute Gasteiger partial charge is 0.259 e. The summed E-state index contributed by atoms with van der Waals surface area (Å²) in [5, 5.41) is 10.7. The number of hydrogen-bond acceptors (Lipinski definition) is 7. The van der Waals surface area contributed by atoms with Gasteiger partial charge in [-0.1, -0.05) is 35.6 Å². The fraction of sp³-hybridized carbons (Fsp3) is 0.263. The van der Waals surface area contributed by atoms with Crippen molar-refractivity contribution in [1.82, 2.24) is 15.2 Å². The number of nitrogens with zero attached hydrogens (tertiary/aromatic N) is 4. The molecule has 1 fully saturated rings. The van der Waals surface area contributed by atoms with Crippen LogP contribution in [-0.4, -0.2) is 40.8 Å². The van der Waals surface area contributed by atoms with E-state index in [4.69, 9.17) is 4.74 Å². The van der Waals surface area contributed by atoms with Gasteiger partial charge in [-0.25, -0.2) is 4.98 Å². The van der Waals surface area contributed by atoms with Gasteiger partial charge in [0.1, 0.15) is 17.4 Å². The second kappa shape index (κ2) is 7.81. The van der Waals surface area contributed by atoms with Crippen molar-refractivity contribution in [1.29, 1.82) is 0 Å². The zero-order valence-corrected chi connectivity index (χ0v) is 15.6. The normalized spacial score (nSPS) is 16.9. The Kier molecular flexibility index (Phi) is 5.08. The van der Waals surface area contributed by atoms with Crippen molar-refractivity contribution in [2.75, 3.05) is 29.9 Å². The van der Waals surface area contributed by atoms with E-state index in [1.807, 2.05) is 18.2 Å². The van der Waals surface area contributed by atoms with Gasteiger partial charge in [-0.15, -0.1) is 10.2 Å². The number of carbonyl (C=O) groups is 1. The molecule has 1 unspecified atom stereocenters. The molecule has 7 nitrogen and oxygen atoms in total. The lowest BCUT2D eigenvalue weighted by Crippen LogP contribution is -2.39. The van der Waals surface area contributed by atoms with Gasteiger partial charge in [0.2, 0.25) is 5.13 Å². The van der Waals surface area contributed by atoms with Crippen LogP contribution in [0.1, 0.15) is 27.6 Å². The molecule has 1 amide bonds. The minimum atomic E-state index is -0.245. The topological polar surface area (TPSA) is 80.2 Å². The van der Waals surface area contributed by atoms with Gasteiger partial charge in [-0.05, 0) is 30.2 Å². The minimum Gasteiger partial charge on any atom is -0.370 e. The molecule has 0 radical (unpaired) electrons. The molecule has 0 saturated carbocycles. The third kappa shape index (κ3) is 3.96. The van der Waals surface area contributed by atoms with E-state index in [9.17, 15) is 4.79 Å². The van der Waals surface area contributed by atoms with Crippen LogP contribution < -0.4 is 10.2 Å². The number of anilines is 2. The molecule has 1 aliphatic heterocycles. The summed E-state index contributed by atoms with van der Waals surface area (Å²) in [7, 11) is 0. The van der Waals surface area contributed by atoms with Crippen LogP contribution in [0.4, 0.5) is 10.9 Å². The summed E-state index contributed by atoms with van der Waals surface area (Å²) in [6, 6.07) is 11.9. The molecule has 3 heterocycles. The summed E-state index contributed by atoms with van der Waals surface area (Å²) in [6.07, 6.45) is 1.60. The lowest BCUT2D eigenvalue weighted by Gasteiger charge is -2.34. The van der Waals surface area contributed by atoms with Crippen LogP contribution in [0.25, 0.3) is 0 Å². The molecule has 1 saturated heterocycles. The number of hydrogen-bond donors (Lipinski definition) is 1. The van der Waals surface area contributed by atoms with Gasteiger partial charge in [0.05, 0.1) is 12.2 Å². The molecule has 27 heavy (non-hydrogen) atoms. The van der Waals surface area contributed by atoms with Gasteiger partial charge in [-0.2, -0.15) is 0 Å². The van der Waals surface area contributed by atoms with Crippen molar-refractivity contribution in [3.63, 3.8) is 0 Å². The molecule has 1 atom stereocenters. The summed E-state index contributed by atoms with van der Waals surface area (Å²) in [5.74, 6) is 0.593. The summed E-state index contributed by atoms with van der Waals surface area (Å²) >= 11 is 1.27. The number of nitrogens with one attached hydrogen (secondary N) is 1. The molecule has 8 heteroatoms. The Morgan fingerprint density at radius 3 is 2.93 bits per heavy atom. The van der Waals surface area contributed by atoms with Crippen molar-refractivity contribution in [2.24, 2.45) is 0 Å². The van der Waals surface area contributed by atoms with Crippen LogP contribution in [0.3, 0.4) is 0 Å². The van der Waals surface area contributed by atoms with Gasteiger partial charge in [-0.3, -0.25) is 10.1 Å². The first-order valence-corrected chi connectivity index (χ1v) is 9.54. The summed E-state index contributed by atoms with van der Waals surface area (Å²) < 4.78 is 5.97. The maximum Gasteiger partial charge on any atom is 0.259 e. The summed E-state index contributed by atoms with van der Waals surface area (Å²) in [5.41, 5.74) is 4.48. The maximum atomic E-state index is 12.2. The summed E-state index contributed by atoms with van der Waals surface area (Å²) in [4.78, 5) is 18.9. The van der Waals surface area contributed by atoms with Crippen LogP contribution >= 0.6 is 11.3 Å². The first-order valence-electron chi connectivity index (χ1n) is 8.66. The number of aryl methyl sites for hydroxylation is 1. The number of pyridine rings is 1. The fourth-order valence-corrected chi connectivity index (χ4v) is 3.54. The van der Waals surface area contributed by atoms with E-state index in [-0.39, 0.29) is 12.0 Å². The van der Waals surface area contributed by atoms with Crippen LogP contribution in [-0.2, 0) is 4.74 Å². The van der Waals surface area contributed by atoms with Crippen molar-refractivity contribution in [2.45, 2.75) is 13.0 Å². The van der Waals surface area contributed by atoms with E-state index < -0.39 is 0 Å². The standard InChI is InChI=1S/C19H19N5O2S/c1-13-4-2-3-5-15(13)16-11-24(8-9-26-16)17-7-6-14(10-20-17)18(25)22-19-23-21-12-27-19/h2-7,10,12,16H,8-9,11H2,1H3,(H,22,23,25). The van der Waals surface area contributed by atoms with E-state index in [2.05, 4.69) is 44.5 Å². The number of aromatic nitrogens is 3. The maximum absolute atomic E-state index is 12.2. The number of carbonyl (C=O) groups excluding carboxylic acids is 1. The van der Waals surface area contributed by atoms with E-state index in [1.165, 1.54) is 22.5 Å². The predicted octanol–water partition coefficient (Wildman–Crippen LogP) is 3.07. The number of amides is 1. The predicted molar refractivity (Wildman–Crippen MR) is 104 cm³/mol. The van der Waals surface area contributed by atoms with Gasteiger partial charge >= 0.3 is 0 Å². The highest BCUT2D eigenvalue weighted by atomic mass is 32.1. The molecule has 4 rings (SSSR count). The Balaban J connectivity index is 1.45. The number of morpholine rings is 1. The van der Waals surface area contributed by atoms with Gasteiger partial charge < -0.3 is 9.64 Å². The highest BCUT2D eigenvalue weighted by molar-refractivity contribution is 7.13. The zero-order chi connectivity index (χ0) is 18.6. The van der Waals surface area contributed by atoms with Crippen molar-refractivity contribution in [3.8, 4) is 0 Å². The second-order valence-corrected chi connectivity index (χ2v) is 7.10. The van der Waals surface area contributed by atoms with E-state index in [0.29, 0.717) is 17.3 Å². The van der Waals surface area contributed by atoms with E-state index >= 15 is 0 Å². The Hall–Kier alpha value is -2.84. The van der Waals surface area contributed by atoms with Gasteiger partial charge in [0.15, 0.2) is 0 Å². The van der Waals surface area contributed by atoms with E-state index in [1.54, 1.807) is 17.8 Å². The van der Waals surface area contributed by atoms with Gasteiger partial charge in [0.25, 0.3) is 5.91 Å². The van der Waals surface area contributed by atoms with Crippen LogP contribution in [0.5, 0.6) is 0 Å². The Labute approximate surface area is 161 Å². The van der Waals surface area contributed by atoms with E-state index in [0.717, 1.165) is 18.9 Å². The quantitative estimate of drug-likeness (QED) is 0.748. The first kappa shape index (κ1) is 17.6. The van der Waals surface area contributed by atoms with Crippen LogP contribution in [0.15, 0.2) is 48.1 Å². The monoisotopic (exact) mass is 381 g/mol. The molecule has 0 spiro atoms. The highest BCUT2D eigenvalue weighted by Crippen LogP contribution is 2.27. The third-order valence-corrected chi connectivity index (χ3v) is 5.12. The molecule has 2 aromatic heterocycles. The number of ether oxygens (including phenoxy) is 1. The molecule has 1 aliphatic rings. The molecular weight excluding hydrogens is 362 g/mol. The molecule has 0 bridgehead atoms. The van der Waals surface area contributed by atoms with Crippen molar-refractivity contribution >= 4 is 28.2 Å². The van der Waals surface area contributed by atoms with Crippen LogP contribution in [0.2, 0.25) is 0 Å². The second-order valence-electron chi connectivity index (χ2n) is 6.27. The molecule has 1 N–H and O–H groups in total. The van der Waals surface area contributed by atoms with Crippen molar-refractivity contribution < 1.29 is 9.53 Å². The average Bonchev–Trinajstić information content (AvgIpc) is 3.21. The average molecular weight is 381 g/mol. The largest absolute Gasteiger partial charge is 0.370 e. The zero-order valence-electron chi connectivity index (χ0n) is 14.8. The molecule has 1 aromatic carbocycles. The number of benzene rings is 1. The minimum absolute atomic E-state index is 0.0159. The fourth-order valence-electron chi connectivity index (χ4n) is 3.10. The van der Waals surface area contributed by atoms with Gasteiger partial charge in [0, 0.05) is 19.3 Å². The highest BCUT2D eigenvalue weighted by Gasteiger charge is 2.24. The molecular formula is C19H19N5O2S.